The minimum Gasteiger partial charge on any atom is -0.482 e. The number of aromatic nitrogens is 3. The normalized spacial score (nSPS) is 20.6. The molecule has 0 radical (unpaired) electrons. The predicted molar refractivity (Wildman–Crippen MR) is 150 cm³/mol. The molecule has 2 unspecified atom stereocenters. The van der Waals surface area contributed by atoms with E-state index >= 15 is 0 Å². The van der Waals surface area contributed by atoms with Crippen LogP contribution in [0.25, 0.3) is 5.57 Å². The van der Waals surface area contributed by atoms with Gasteiger partial charge in [0.15, 0.2) is 5.69 Å². The van der Waals surface area contributed by atoms with Gasteiger partial charge in [-0.1, -0.05) is 35.3 Å². The van der Waals surface area contributed by atoms with Crippen LogP contribution in [0.4, 0.5) is 5.69 Å². The summed E-state index contributed by atoms with van der Waals surface area (Å²) in [4.78, 5) is 38.3. The van der Waals surface area contributed by atoms with E-state index in [2.05, 4.69) is 10.3 Å². The summed E-state index contributed by atoms with van der Waals surface area (Å²) in [6, 6.07) is 8.56. The van der Waals surface area contributed by atoms with Gasteiger partial charge in [0.05, 0.1) is 23.4 Å². The lowest BCUT2D eigenvalue weighted by Crippen LogP contribution is -2.47. The van der Waals surface area contributed by atoms with E-state index in [0.717, 1.165) is 5.56 Å². The summed E-state index contributed by atoms with van der Waals surface area (Å²) in [6.07, 6.45) is 2.51. The fourth-order valence-corrected chi connectivity index (χ4v) is 5.61. The molecule has 0 saturated heterocycles. The van der Waals surface area contributed by atoms with Crippen LogP contribution in [-0.4, -0.2) is 46.8 Å². The molecule has 3 aromatic rings. The first-order chi connectivity index (χ1) is 18.5. The number of aryl methyl sites for hydroxylation is 1. The first-order valence-electron chi connectivity index (χ1n) is 12.2. The van der Waals surface area contributed by atoms with Gasteiger partial charge in [-0.2, -0.15) is 0 Å². The molecule has 2 aliphatic heterocycles. The van der Waals surface area contributed by atoms with Gasteiger partial charge in [-0.3, -0.25) is 14.5 Å². The Balaban J connectivity index is 1.83. The molecular formula is C27H28Cl2N6O4. The summed E-state index contributed by atoms with van der Waals surface area (Å²) in [5, 5.41) is 3.94. The number of methoxy groups -OCH3 is 2. The van der Waals surface area contributed by atoms with Gasteiger partial charge in [-0.25, -0.2) is 9.98 Å². The van der Waals surface area contributed by atoms with Crippen molar-refractivity contribution < 1.29 is 14.3 Å². The molecule has 4 heterocycles. The Morgan fingerprint density at radius 3 is 2.41 bits per heavy atom. The van der Waals surface area contributed by atoms with Gasteiger partial charge < -0.3 is 23.9 Å². The first kappa shape index (κ1) is 27.0. The van der Waals surface area contributed by atoms with Gasteiger partial charge in [0.25, 0.3) is 11.5 Å². The number of hydrogen-bond donors (Lipinski definition) is 1. The molecule has 1 amide bonds. The average molecular weight is 571 g/mol. The molecule has 0 saturated carbocycles. The van der Waals surface area contributed by atoms with Crippen LogP contribution >= 0.6 is 23.2 Å². The lowest BCUT2D eigenvalue weighted by atomic mass is 9.88. The molecule has 2 aromatic heterocycles. The van der Waals surface area contributed by atoms with Crippen LogP contribution in [-0.2, 0) is 22.1 Å². The maximum absolute atomic E-state index is 14.3. The van der Waals surface area contributed by atoms with Crippen LogP contribution in [0.3, 0.4) is 0 Å². The maximum Gasteiger partial charge on any atom is 0.280 e. The molecule has 2 aliphatic rings. The molecule has 39 heavy (non-hydrogen) atoms. The summed E-state index contributed by atoms with van der Waals surface area (Å²) in [5.74, 6) is 0.464. The number of aliphatic imine (C=N–C) groups is 1. The summed E-state index contributed by atoms with van der Waals surface area (Å²) in [5.41, 5.74) is 0.757. The average Bonchev–Trinajstić information content (AvgIpc) is 3.41. The van der Waals surface area contributed by atoms with E-state index in [1.165, 1.54) is 35.9 Å². The van der Waals surface area contributed by atoms with Crippen LogP contribution in [0, 0.1) is 0 Å². The number of benzene rings is 1. The summed E-state index contributed by atoms with van der Waals surface area (Å²) in [6.45, 7) is 5.89. The SMILES string of the molecule is COC1=C(c2nc3c(n2C(C)C)C(C)(c2ccc(Cl)cc2)N(c2cc(Cl)cn(C)c2=O)C3=O)C=NC(OC)N1. The highest BCUT2D eigenvalue weighted by atomic mass is 35.5. The second-order valence-electron chi connectivity index (χ2n) is 9.73. The third kappa shape index (κ3) is 4.14. The van der Waals surface area contributed by atoms with Crippen molar-refractivity contribution in [2.45, 2.75) is 38.7 Å². The summed E-state index contributed by atoms with van der Waals surface area (Å²) in [7, 11) is 4.66. The number of imidazole rings is 1. The van der Waals surface area contributed by atoms with Crippen molar-refractivity contribution in [2.75, 3.05) is 19.1 Å². The topological polar surface area (TPSA) is 103 Å². The number of hydrogen-bond acceptors (Lipinski definition) is 7. The predicted octanol–water partition coefficient (Wildman–Crippen LogP) is 4.31. The van der Waals surface area contributed by atoms with Crippen molar-refractivity contribution in [3.05, 3.63) is 85.6 Å². The van der Waals surface area contributed by atoms with E-state index in [1.807, 2.05) is 37.5 Å². The van der Waals surface area contributed by atoms with E-state index in [1.54, 1.807) is 25.4 Å². The second-order valence-corrected chi connectivity index (χ2v) is 10.6. The van der Waals surface area contributed by atoms with Gasteiger partial charge >= 0.3 is 0 Å². The number of amides is 1. The zero-order valence-electron chi connectivity index (χ0n) is 22.3. The molecule has 1 N–H and O–H groups in total. The molecule has 2 atom stereocenters. The Hall–Kier alpha value is -3.60. The molecule has 204 valence electrons. The number of nitrogens with zero attached hydrogens (tertiary/aromatic N) is 5. The van der Waals surface area contributed by atoms with Crippen LogP contribution in [0.1, 0.15) is 54.4 Å². The zero-order valence-corrected chi connectivity index (χ0v) is 23.8. The Labute approximate surface area is 235 Å². The molecule has 0 aliphatic carbocycles. The third-order valence-corrected chi connectivity index (χ3v) is 7.48. The third-order valence-electron chi connectivity index (χ3n) is 7.03. The van der Waals surface area contributed by atoms with Crippen molar-refractivity contribution in [1.29, 1.82) is 0 Å². The van der Waals surface area contributed by atoms with Crippen molar-refractivity contribution in [1.82, 2.24) is 19.4 Å². The Morgan fingerprint density at radius 1 is 1.10 bits per heavy atom. The molecule has 0 spiro atoms. The molecule has 0 bridgehead atoms. The zero-order chi connectivity index (χ0) is 28.2. The van der Waals surface area contributed by atoms with Crippen molar-refractivity contribution in [3.8, 4) is 0 Å². The number of pyridine rings is 1. The Kier molecular flexibility index (Phi) is 6.82. The highest BCUT2D eigenvalue weighted by Crippen LogP contribution is 2.48. The lowest BCUT2D eigenvalue weighted by molar-refractivity contribution is 0.0704. The number of halogens is 2. The Bertz CT molecular complexity index is 1590. The maximum atomic E-state index is 14.3. The summed E-state index contributed by atoms with van der Waals surface area (Å²) < 4.78 is 14.2. The van der Waals surface area contributed by atoms with Gasteiger partial charge in [-0.15, -0.1) is 0 Å². The van der Waals surface area contributed by atoms with Gasteiger partial charge in [0.2, 0.25) is 12.2 Å². The molecular weight excluding hydrogens is 543 g/mol. The highest BCUT2D eigenvalue weighted by Gasteiger charge is 2.54. The number of nitrogens with one attached hydrogen (secondary N) is 1. The number of fused-ring (bicyclic) bond motifs is 1. The van der Waals surface area contributed by atoms with Crippen LogP contribution in [0.2, 0.25) is 10.0 Å². The number of allylic oxidation sites excluding steroid dienone is 1. The van der Waals surface area contributed by atoms with E-state index < -0.39 is 17.8 Å². The fourth-order valence-electron chi connectivity index (χ4n) is 5.24. The van der Waals surface area contributed by atoms with Gasteiger partial charge in [0.1, 0.15) is 17.1 Å². The molecule has 12 heteroatoms. The quantitative estimate of drug-likeness (QED) is 0.473. The van der Waals surface area contributed by atoms with Crippen LogP contribution < -0.4 is 15.8 Å². The number of ether oxygens (including phenoxy) is 2. The van der Waals surface area contributed by atoms with Crippen LogP contribution in [0.15, 0.2) is 52.2 Å². The minimum atomic E-state index is -1.15. The van der Waals surface area contributed by atoms with Crippen LogP contribution in [0.5, 0.6) is 0 Å². The van der Waals surface area contributed by atoms with E-state index in [4.69, 9.17) is 37.7 Å². The standard InChI is InChI=1S/C27H28Cl2N6O4/c1-14(2)34-21-20(31-22(34)18-12-30-26(39-6)32-23(18)38-5)25(37)35(19-11-17(29)13-33(4)24(19)36)27(21,3)15-7-9-16(28)10-8-15/h7-14,26,32H,1-6H3. The molecule has 10 nitrogen and oxygen atoms in total. The number of anilines is 1. The molecule has 1 aromatic carbocycles. The fraction of sp³-hybridized carbons (Fsp3) is 0.333. The molecule has 0 fully saturated rings. The van der Waals surface area contributed by atoms with Gasteiger partial charge in [-0.05, 0) is 44.5 Å². The van der Waals surface area contributed by atoms with Gasteiger partial charge in [0, 0.05) is 37.6 Å². The molecule has 5 rings (SSSR count). The second kappa shape index (κ2) is 9.86. The van der Waals surface area contributed by atoms with Crippen molar-refractivity contribution >= 4 is 46.6 Å². The monoisotopic (exact) mass is 570 g/mol. The van der Waals surface area contributed by atoms with Crippen molar-refractivity contribution in [3.63, 3.8) is 0 Å². The van der Waals surface area contributed by atoms with E-state index in [9.17, 15) is 9.59 Å². The highest BCUT2D eigenvalue weighted by molar-refractivity contribution is 6.31. The van der Waals surface area contributed by atoms with E-state index in [0.29, 0.717) is 33.0 Å². The number of rotatable bonds is 6. The number of carbonyl (C=O) groups excluding carboxylic acids is 1. The van der Waals surface area contributed by atoms with Crippen molar-refractivity contribution in [2.24, 2.45) is 12.0 Å². The number of carbonyl (C=O) groups is 1. The van der Waals surface area contributed by atoms with E-state index in [-0.39, 0.29) is 23.0 Å². The largest absolute Gasteiger partial charge is 0.482 e. The summed E-state index contributed by atoms with van der Waals surface area (Å²) >= 11 is 12.6. The smallest absolute Gasteiger partial charge is 0.280 e. The first-order valence-corrected chi connectivity index (χ1v) is 13.0. The Morgan fingerprint density at radius 2 is 1.79 bits per heavy atom. The lowest BCUT2D eigenvalue weighted by Gasteiger charge is -2.37. The minimum absolute atomic E-state index is 0.142.